The lowest BCUT2D eigenvalue weighted by atomic mass is 9.95. The van der Waals surface area contributed by atoms with Crippen molar-refractivity contribution in [1.29, 1.82) is 0 Å². The largest absolute Gasteiger partial charge is 0.507 e. The average molecular weight is 575 g/mol. The van der Waals surface area contributed by atoms with Crippen LogP contribution >= 0.6 is 22.9 Å². The number of halogens is 1. The van der Waals surface area contributed by atoms with Crippen LogP contribution in [0, 0.1) is 13.8 Å². The fourth-order valence-electron chi connectivity index (χ4n) is 4.80. The van der Waals surface area contributed by atoms with E-state index in [1.54, 1.807) is 48.5 Å². The minimum absolute atomic E-state index is 0.0540. The molecule has 1 aromatic heterocycles. The van der Waals surface area contributed by atoms with Crippen molar-refractivity contribution < 1.29 is 24.2 Å². The number of carbonyl (C=O) groups is 2. The maximum Gasteiger partial charge on any atom is 0.301 e. The Morgan fingerprint density at radius 1 is 1.10 bits per heavy atom. The van der Waals surface area contributed by atoms with E-state index in [-0.39, 0.29) is 17.9 Å². The van der Waals surface area contributed by atoms with Crippen LogP contribution in [0.5, 0.6) is 11.5 Å². The molecule has 0 bridgehead atoms. The van der Waals surface area contributed by atoms with Crippen molar-refractivity contribution in [2.75, 3.05) is 18.1 Å². The summed E-state index contributed by atoms with van der Waals surface area (Å²) in [7, 11) is 0. The van der Waals surface area contributed by atoms with Gasteiger partial charge >= 0.3 is 5.91 Å². The van der Waals surface area contributed by atoms with Crippen molar-refractivity contribution in [1.82, 2.24) is 4.98 Å². The van der Waals surface area contributed by atoms with Crippen LogP contribution in [0.1, 0.15) is 35.2 Å². The number of Topliss-reactive ketones (excluding diaryl/α,β-unsaturated/α-hetero) is 1. The number of ketones is 1. The lowest BCUT2D eigenvalue weighted by Crippen LogP contribution is -2.29. The molecule has 9 heteroatoms. The number of ether oxygens (including phenoxy) is 2. The third-order valence-corrected chi connectivity index (χ3v) is 7.78. The maximum atomic E-state index is 13.6. The van der Waals surface area contributed by atoms with Crippen molar-refractivity contribution in [3.8, 4) is 11.5 Å². The quantitative estimate of drug-likeness (QED) is 0.104. The number of hydrogen-bond donors (Lipinski definition) is 1. The van der Waals surface area contributed by atoms with Crippen LogP contribution in [0.3, 0.4) is 0 Å². The highest BCUT2D eigenvalue weighted by Gasteiger charge is 2.48. The number of fused-ring (bicyclic) bond motifs is 1. The summed E-state index contributed by atoms with van der Waals surface area (Å²) < 4.78 is 12.5. The number of thiazole rings is 1. The van der Waals surface area contributed by atoms with E-state index in [2.05, 4.69) is 6.58 Å². The first-order chi connectivity index (χ1) is 19.2. The van der Waals surface area contributed by atoms with Crippen LogP contribution < -0.4 is 14.4 Å². The van der Waals surface area contributed by atoms with Gasteiger partial charge in [-0.15, -0.1) is 0 Å². The smallest absolute Gasteiger partial charge is 0.301 e. The van der Waals surface area contributed by atoms with E-state index >= 15 is 0 Å². The van der Waals surface area contributed by atoms with Gasteiger partial charge in [-0.3, -0.25) is 14.5 Å². The van der Waals surface area contributed by atoms with Gasteiger partial charge in [0.1, 0.15) is 12.4 Å². The molecule has 7 nitrogen and oxygen atoms in total. The topological polar surface area (TPSA) is 89.0 Å². The Kier molecular flexibility index (Phi) is 7.65. The predicted molar refractivity (Wildman–Crippen MR) is 159 cm³/mol. The van der Waals surface area contributed by atoms with Crippen molar-refractivity contribution >= 4 is 55.7 Å². The van der Waals surface area contributed by atoms with Gasteiger partial charge in [0, 0.05) is 10.6 Å². The van der Waals surface area contributed by atoms with Crippen molar-refractivity contribution in [2.45, 2.75) is 26.8 Å². The average Bonchev–Trinajstić information content (AvgIpc) is 3.46. The molecule has 0 spiro atoms. The van der Waals surface area contributed by atoms with E-state index < -0.39 is 17.7 Å². The van der Waals surface area contributed by atoms with E-state index in [4.69, 9.17) is 26.1 Å². The van der Waals surface area contributed by atoms with Crippen molar-refractivity contribution in [3.63, 3.8) is 0 Å². The first-order valence-corrected chi connectivity index (χ1v) is 13.9. The highest BCUT2D eigenvalue weighted by Crippen LogP contribution is 2.46. The zero-order valence-corrected chi connectivity index (χ0v) is 23.8. The van der Waals surface area contributed by atoms with Gasteiger partial charge in [-0.1, -0.05) is 47.7 Å². The van der Waals surface area contributed by atoms with Crippen LogP contribution in [0.25, 0.3) is 16.0 Å². The summed E-state index contributed by atoms with van der Waals surface area (Å²) >= 11 is 7.37. The second-order valence-electron chi connectivity index (χ2n) is 9.34. The van der Waals surface area contributed by atoms with Gasteiger partial charge in [0.25, 0.3) is 5.78 Å². The van der Waals surface area contributed by atoms with Crippen LogP contribution in [-0.4, -0.2) is 35.0 Å². The summed E-state index contributed by atoms with van der Waals surface area (Å²) in [4.78, 5) is 33.4. The van der Waals surface area contributed by atoms with E-state index in [1.807, 2.05) is 32.9 Å². The Morgan fingerprint density at radius 2 is 1.85 bits per heavy atom. The number of amides is 1. The second-order valence-corrected chi connectivity index (χ2v) is 10.8. The monoisotopic (exact) mass is 574 g/mol. The van der Waals surface area contributed by atoms with Crippen molar-refractivity contribution in [2.24, 2.45) is 0 Å². The Balaban J connectivity index is 1.73. The summed E-state index contributed by atoms with van der Waals surface area (Å²) in [6.07, 6.45) is 1.63. The van der Waals surface area contributed by atoms with E-state index in [0.29, 0.717) is 39.4 Å². The first kappa shape index (κ1) is 27.4. The highest BCUT2D eigenvalue weighted by atomic mass is 35.5. The molecule has 0 radical (unpaired) electrons. The molecule has 3 aromatic carbocycles. The highest BCUT2D eigenvalue weighted by molar-refractivity contribution is 7.22. The van der Waals surface area contributed by atoms with Gasteiger partial charge in [-0.05, 0) is 79.9 Å². The standard InChI is InChI=1S/C31H27ClN2O5S/c1-5-13-39-22-12-9-20(16-23(22)38-6-2)27-25(28(35)19-7-10-21(32)11-8-19)29(36)30(37)34(27)31-33-26-18(4)14-17(3)15-24(26)40-31/h5,7-12,14-16,27,35H,1,6,13H2,2-4H3. The predicted octanol–water partition coefficient (Wildman–Crippen LogP) is 7.16. The molecule has 40 heavy (non-hydrogen) atoms. The van der Waals surface area contributed by atoms with Crippen LogP contribution in [0.2, 0.25) is 5.02 Å². The summed E-state index contributed by atoms with van der Waals surface area (Å²) in [5.41, 5.74) is 3.65. The molecule has 1 aliphatic heterocycles. The van der Waals surface area contributed by atoms with Gasteiger partial charge in [0.05, 0.1) is 28.4 Å². The molecule has 1 unspecified atom stereocenters. The van der Waals surface area contributed by atoms with Gasteiger partial charge in [-0.25, -0.2) is 4.98 Å². The number of carbonyl (C=O) groups excluding carboxylic acids is 2. The lowest BCUT2D eigenvalue weighted by molar-refractivity contribution is -0.132. The van der Waals surface area contributed by atoms with Gasteiger partial charge < -0.3 is 14.6 Å². The summed E-state index contributed by atoms with van der Waals surface area (Å²) in [6, 6.07) is 14.7. The molecule has 2 heterocycles. The number of aliphatic hydroxyl groups is 1. The number of anilines is 1. The van der Waals surface area contributed by atoms with E-state index in [0.717, 1.165) is 21.3 Å². The summed E-state index contributed by atoms with van der Waals surface area (Å²) in [5.74, 6) is -0.963. The zero-order valence-electron chi connectivity index (χ0n) is 22.2. The number of benzene rings is 3. The molecule has 0 aliphatic carbocycles. The third kappa shape index (κ3) is 4.96. The molecular formula is C31H27ClN2O5S. The Hall–Kier alpha value is -4.14. The minimum Gasteiger partial charge on any atom is -0.507 e. The number of aliphatic hydroxyl groups excluding tert-OH is 1. The maximum absolute atomic E-state index is 13.6. The van der Waals surface area contributed by atoms with Crippen LogP contribution in [-0.2, 0) is 9.59 Å². The molecule has 1 fully saturated rings. The lowest BCUT2D eigenvalue weighted by Gasteiger charge is -2.24. The second kappa shape index (κ2) is 11.2. The zero-order chi connectivity index (χ0) is 28.6. The summed E-state index contributed by atoms with van der Waals surface area (Å²) in [6.45, 7) is 10.1. The molecule has 1 aliphatic rings. The molecule has 0 saturated carbocycles. The normalized spacial score (nSPS) is 16.5. The number of hydrogen-bond acceptors (Lipinski definition) is 7. The van der Waals surface area contributed by atoms with E-state index in [1.165, 1.54) is 16.2 Å². The van der Waals surface area contributed by atoms with Crippen molar-refractivity contribution in [3.05, 3.63) is 100 Å². The third-order valence-electron chi connectivity index (χ3n) is 6.53. The van der Waals surface area contributed by atoms with Gasteiger partial charge in [0.15, 0.2) is 16.6 Å². The molecule has 1 N–H and O–H groups in total. The molecule has 1 atom stereocenters. The SMILES string of the molecule is C=CCOc1ccc(C2C(=C(O)c3ccc(Cl)cc3)C(=O)C(=O)N2c2nc3c(C)cc(C)cc3s2)cc1OCC. The molecular weight excluding hydrogens is 548 g/mol. The van der Waals surface area contributed by atoms with Gasteiger partial charge in [0.2, 0.25) is 0 Å². The van der Waals surface area contributed by atoms with E-state index in [9.17, 15) is 14.7 Å². The molecule has 5 rings (SSSR count). The Labute approximate surface area is 240 Å². The van der Waals surface area contributed by atoms with Gasteiger partial charge in [-0.2, -0.15) is 0 Å². The fraction of sp³-hybridized carbons (Fsp3) is 0.194. The Bertz CT molecular complexity index is 1680. The number of rotatable bonds is 8. The molecule has 204 valence electrons. The number of nitrogens with zero attached hydrogens (tertiary/aromatic N) is 2. The fourth-order valence-corrected chi connectivity index (χ4v) is 6.10. The first-order valence-electron chi connectivity index (χ1n) is 12.7. The van der Waals surface area contributed by atoms with Crippen LogP contribution in [0.15, 0.2) is 72.8 Å². The Morgan fingerprint density at radius 3 is 2.55 bits per heavy atom. The molecule has 1 amide bonds. The van der Waals surface area contributed by atoms with Crippen LogP contribution in [0.4, 0.5) is 5.13 Å². The molecule has 4 aromatic rings. The molecule has 1 saturated heterocycles. The minimum atomic E-state index is -0.967. The number of aryl methyl sites for hydroxylation is 2. The summed E-state index contributed by atoms with van der Waals surface area (Å²) in [5, 5.41) is 12.2. The number of aromatic nitrogens is 1.